The number of hydrogen-bond donors (Lipinski definition) is 0. The van der Waals surface area contributed by atoms with Gasteiger partial charge in [-0.05, 0) is 40.8 Å². The molecule has 0 bridgehead atoms. The van der Waals surface area contributed by atoms with Crippen LogP contribution >= 0.6 is 0 Å². The van der Waals surface area contributed by atoms with Crippen molar-refractivity contribution in [3.05, 3.63) is 59.7 Å². The minimum absolute atomic E-state index is 0.0829. The third-order valence-electron chi connectivity index (χ3n) is 3.99. The fourth-order valence-electron chi connectivity index (χ4n) is 2.38. The fraction of sp³-hybridized carbons (Fsp3) is 0.368. The van der Waals surface area contributed by atoms with Gasteiger partial charge in [0.05, 0.1) is 12.0 Å². The molecule has 0 saturated carbocycles. The summed E-state index contributed by atoms with van der Waals surface area (Å²) in [5, 5.41) is 0. The highest BCUT2D eigenvalue weighted by molar-refractivity contribution is 7.89. The van der Waals surface area contributed by atoms with Crippen LogP contribution < -0.4 is 4.74 Å². The lowest BCUT2D eigenvalue weighted by molar-refractivity contribution is 0.414. The lowest BCUT2D eigenvalue weighted by Gasteiger charge is -2.21. The van der Waals surface area contributed by atoms with E-state index in [0.717, 1.165) is 5.56 Å². The Morgan fingerprint density at radius 1 is 0.958 bits per heavy atom. The lowest BCUT2D eigenvalue weighted by Crippen LogP contribution is -2.26. The number of nitrogens with zero attached hydrogens (tertiary/aromatic N) is 1. The van der Waals surface area contributed by atoms with Gasteiger partial charge < -0.3 is 4.74 Å². The molecule has 24 heavy (non-hydrogen) atoms. The van der Waals surface area contributed by atoms with Crippen molar-refractivity contribution < 1.29 is 13.2 Å². The number of hydrogen-bond acceptors (Lipinski definition) is 3. The fourth-order valence-corrected chi connectivity index (χ4v) is 3.54. The quantitative estimate of drug-likeness (QED) is 0.826. The first-order chi connectivity index (χ1) is 11.1. The number of rotatable bonds is 5. The van der Waals surface area contributed by atoms with Gasteiger partial charge in [-0.25, -0.2) is 8.42 Å². The zero-order valence-corrected chi connectivity index (χ0v) is 15.7. The first-order valence-corrected chi connectivity index (χ1v) is 9.28. The van der Waals surface area contributed by atoms with Gasteiger partial charge in [0.25, 0.3) is 0 Å². The van der Waals surface area contributed by atoms with E-state index in [1.54, 1.807) is 38.4 Å². The highest BCUT2D eigenvalue weighted by Crippen LogP contribution is 2.24. The van der Waals surface area contributed by atoms with Crippen LogP contribution in [-0.2, 0) is 22.0 Å². The number of methoxy groups -OCH3 is 1. The molecule has 0 aliphatic rings. The molecule has 0 heterocycles. The van der Waals surface area contributed by atoms with Crippen molar-refractivity contribution in [2.75, 3.05) is 14.2 Å². The summed E-state index contributed by atoms with van der Waals surface area (Å²) in [5.74, 6) is 0.634. The van der Waals surface area contributed by atoms with E-state index in [-0.39, 0.29) is 10.3 Å². The molecule has 0 aliphatic carbocycles. The molecule has 4 nitrogen and oxygen atoms in total. The Kier molecular flexibility index (Phi) is 5.35. The van der Waals surface area contributed by atoms with Crippen LogP contribution in [0.1, 0.15) is 31.9 Å². The Morgan fingerprint density at radius 2 is 1.50 bits per heavy atom. The molecule has 0 unspecified atom stereocenters. The van der Waals surface area contributed by atoms with Crippen molar-refractivity contribution in [1.82, 2.24) is 4.31 Å². The third kappa shape index (κ3) is 4.16. The summed E-state index contributed by atoms with van der Waals surface area (Å²) in [6, 6.07) is 14.5. The van der Waals surface area contributed by atoms with Crippen molar-refractivity contribution in [3.8, 4) is 5.75 Å². The van der Waals surface area contributed by atoms with Crippen LogP contribution in [0.5, 0.6) is 5.75 Å². The molecule has 0 radical (unpaired) electrons. The zero-order chi connectivity index (χ0) is 18.0. The molecule has 2 aromatic carbocycles. The van der Waals surface area contributed by atoms with E-state index in [0.29, 0.717) is 12.3 Å². The summed E-state index contributed by atoms with van der Waals surface area (Å²) in [6.07, 6.45) is 0. The van der Waals surface area contributed by atoms with Gasteiger partial charge in [0.15, 0.2) is 0 Å². The lowest BCUT2D eigenvalue weighted by atomic mass is 9.87. The van der Waals surface area contributed by atoms with E-state index >= 15 is 0 Å². The van der Waals surface area contributed by atoms with Crippen LogP contribution in [0, 0.1) is 0 Å². The van der Waals surface area contributed by atoms with E-state index in [1.165, 1.54) is 9.87 Å². The van der Waals surface area contributed by atoms with Crippen LogP contribution in [-0.4, -0.2) is 26.9 Å². The van der Waals surface area contributed by atoms with Crippen molar-refractivity contribution in [2.45, 2.75) is 37.6 Å². The Morgan fingerprint density at radius 3 is 1.96 bits per heavy atom. The van der Waals surface area contributed by atoms with E-state index in [4.69, 9.17) is 4.74 Å². The van der Waals surface area contributed by atoms with Crippen molar-refractivity contribution in [3.63, 3.8) is 0 Å². The van der Waals surface area contributed by atoms with E-state index in [2.05, 4.69) is 32.9 Å². The molecule has 0 spiro atoms. The molecule has 0 N–H and O–H groups in total. The maximum atomic E-state index is 12.6. The summed E-state index contributed by atoms with van der Waals surface area (Å²) < 4.78 is 31.7. The third-order valence-corrected chi connectivity index (χ3v) is 5.81. The maximum Gasteiger partial charge on any atom is 0.243 e. The highest BCUT2D eigenvalue weighted by atomic mass is 32.2. The number of ether oxygens (including phenoxy) is 1. The van der Waals surface area contributed by atoms with Gasteiger partial charge in [-0.1, -0.05) is 45.0 Å². The molecule has 0 fully saturated rings. The SMILES string of the molecule is COc1ccc(S(=O)(=O)N(C)Cc2ccc(C(C)(C)C)cc2)cc1. The molecule has 2 rings (SSSR count). The molecular formula is C19H25NO3S. The topological polar surface area (TPSA) is 46.6 Å². The molecule has 0 aliphatic heterocycles. The molecule has 130 valence electrons. The van der Waals surface area contributed by atoms with E-state index < -0.39 is 10.0 Å². The Labute approximate surface area is 145 Å². The summed E-state index contributed by atoms with van der Waals surface area (Å²) >= 11 is 0. The standard InChI is InChI=1S/C19H25NO3S/c1-19(2,3)16-8-6-15(7-9-16)14-20(4)24(21,22)18-12-10-17(23-5)11-13-18/h6-13H,14H2,1-5H3. The van der Waals surface area contributed by atoms with Gasteiger partial charge in [-0.15, -0.1) is 0 Å². The first kappa shape index (κ1) is 18.5. The predicted octanol–water partition coefficient (Wildman–Crippen LogP) is 3.81. The Balaban J connectivity index is 2.16. The van der Waals surface area contributed by atoms with Crippen molar-refractivity contribution in [2.24, 2.45) is 0 Å². The number of sulfonamides is 1. The highest BCUT2D eigenvalue weighted by Gasteiger charge is 2.21. The van der Waals surface area contributed by atoms with Crippen LogP contribution in [0.15, 0.2) is 53.4 Å². The van der Waals surface area contributed by atoms with Crippen molar-refractivity contribution in [1.29, 1.82) is 0 Å². The molecule has 0 amide bonds. The number of benzene rings is 2. The largest absolute Gasteiger partial charge is 0.497 e. The maximum absolute atomic E-state index is 12.6. The van der Waals surface area contributed by atoms with Crippen LogP contribution in [0.3, 0.4) is 0 Å². The Hall–Kier alpha value is -1.85. The predicted molar refractivity (Wildman–Crippen MR) is 96.8 cm³/mol. The second kappa shape index (κ2) is 6.95. The van der Waals surface area contributed by atoms with Crippen molar-refractivity contribution >= 4 is 10.0 Å². The van der Waals surface area contributed by atoms with Gasteiger partial charge in [0.1, 0.15) is 5.75 Å². The van der Waals surface area contributed by atoms with Crippen LogP contribution in [0.25, 0.3) is 0 Å². The molecule has 0 atom stereocenters. The van der Waals surface area contributed by atoms with Crippen LogP contribution in [0.4, 0.5) is 0 Å². The first-order valence-electron chi connectivity index (χ1n) is 7.84. The average Bonchev–Trinajstić information content (AvgIpc) is 2.54. The second-order valence-corrected chi connectivity index (χ2v) is 8.93. The summed E-state index contributed by atoms with van der Waals surface area (Å²) in [7, 11) is -0.376. The average molecular weight is 347 g/mol. The molecule has 0 aromatic heterocycles. The summed E-state index contributed by atoms with van der Waals surface area (Å²) in [4.78, 5) is 0.261. The zero-order valence-electron chi connectivity index (χ0n) is 14.9. The monoisotopic (exact) mass is 347 g/mol. The van der Waals surface area contributed by atoms with Gasteiger partial charge in [-0.3, -0.25) is 0 Å². The molecular weight excluding hydrogens is 322 g/mol. The van der Waals surface area contributed by atoms with Crippen LogP contribution in [0.2, 0.25) is 0 Å². The summed E-state index contributed by atoms with van der Waals surface area (Å²) in [5.41, 5.74) is 2.27. The smallest absolute Gasteiger partial charge is 0.243 e. The summed E-state index contributed by atoms with van der Waals surface area (Å²) in [6.45, 7) is 6.80. The molecule has 0 saturated heterocycles. The second-order valence-electron chi connectivity index (χ2n) is 6.88. The van der Waals surface area contributed by atoms with Gasteiger partial charge >= 0.3 is 0 Å². The minimum atomic E-state index is -3.52. The minimum Gasteiger partial charge on any atom is -0.497 e. The Bertz CT molecular complexity index is 773. The van der Waals surface area contributed by atoms with E-state index in [9.17, 15) is 8.42 Å². The van der Waals surface area contributed by atoms with Gasteiger partial charge in [-0.2, -0.15) is 4.31 Å². The molecule has 2 aromatic rings. The molecule has 5 heteroatoms. The normalized spacial score (nSPS) is 12.4. The van der Waals surface area contributed by atoms with Gasteiger partial charge in [0.2, 0.25) is 10.0 Å². The van der Waals surface area contributed by atoms with E-state index in [1.807, 2.05) is 12.1 Å². The van der Waals surface area contributed by atoms with Gasteiger partial charge in [0, 0.05) is 13.6 Å².